The van der Waals surface area contributed by atoms with Crippen molar-refractivity contribution in [1.82, 2.24) is 5.32 Å². The first-order valence-electron chi connectivity index (χ1n) is 12.8. The Bertz CT molecular complexity index is 1440. The molecule has 0 aromatic heterocycles. The molecule has 0 saturated heterocycles. The van der Waals surface area contributed by atoms with Crippen LogP contribution in [0.2, 0.25) is 0 Å². The zero-order valence-electron chi connectivity index (χ0n) is 21.9. The van der Waals surface area contributed by atoms with Crippen LogP contribution in [-0.4, -0.2) is 19.0 Å². The second kappa shape index (κ2) is 10.9. The van der Waals surface area contributed by atoms with E-state index in [9.17, 15) is 9.59 Å². The van der Waals surface area contributed by atoms with Crippen molar-refractivity contribution in [2.75, 3.05) is 6.61 Å². The van der Waals surface area contributed by atoms with Crippen LogP contribution in [0.3, 0.4) is 0 Å². The number of hydrogen-bond acceptors (Lipinski definition) is 4. The van der Waals surface area contributed by atoms with Crippen molar-refractivity contribution in [3.05, 3.63) is 119 Å². The molecule has 0 bridgehead atoms. The van der Waals surface area contributed by atoms with Gasteiger partial charge in [0.1, 0.15) is 6.61 Å². The van der Waals surface area contributed by atoms with E-state index in [1.54, 1.807) is 0 Å². The monoisotopic (exact) mass is 521 g/mol. The van der Waals surface area contributed by atoms with Crippen LogP contribution in [0.25, 0.3) is 11.1 Å². The van der Waals surface area contributed by atoms with Gasteiger partial charge in [-0.1, -0.05) is 111 Å². The van der Waals surface area contributed by atoms with Crippen molar-refractivity contribution in [3.63, 3.8) is 0 Å². The first kappa shape index (κ1) is 25.8. The number of benzene rings is 4. The topological polar surface area (TPSA) is 55.4 Å². The number of amides is 1. The predicted octanol–water partition coefficient (Wildman–Crippen LogP) is 7.99. The Morgan fingerprint density at radius 2 is 1.50 bits per heavy atom. The normalized spacial score (nSPS) is 12.5. The fourth-order valence-electron chi connectivity index (χ4n) is 4.89. The van der Waals surface area contributed by atoms with Gasteiger partial charge in [0, 0.05) is 27.8 Å². The molecular formula is C33H31NO3S. The van der Waals surface area contributed by atoms with E-state index in [1.165, 1.54) is 39.6 Å². The van der Waals surface area contributed by atoms with Crippen molar-refractivity contribution in [2.45, 2.75) is 48.4 Å². The first-order valence-corrected chi connectivity index (χ1v) is 13.6. The third kappa shape index (κ3) is 5.39. The molecule has 1 N–H and O–H groups in total. The maximum Gasteiger partial charge on any atom is 0.407 e. The predicted molar refractivity (Wildman–Crippen MR) is 153 cm³/mol. The second-order valence-corrected chi connectivity index (χ2v) is 11.6. The number of hydrogen-bond donors (Lipinski definition) is 1. The summed E-state index contributed by atoms with van der Waals surface area (Å²) in [6.07, 6.45) is 0.428. The third-order valence-corrected chi connectivity index (χ3v) is 8.17. The van der Waals surface area contributed by atoms with Crippen molar-refractivity contribution >= 4 is 24.1 Å². The van der Waals surface area contributed by atoms with Gasteiger partial charge < -0.3 is 10.1 Å². The van der Waals surface area contributed by atoms with Crippen LogP contribution in [-0.2, 0) is 16.7 Å². The van der Waals surface area contributed by atoms with Gasteiger partial charge in [-0.25, -0.2) is 4.79 Å². The summed E-state index contributed by atoms with van der Waals surface area (Å²) in [4.78, 5) is 26.3. The Hall–Kier alpha value is -3.83. The highest BCUT2D eigenvalue weighted by Gasteiger charge is 2.29. The van der Waals surface area contributed by atoms with Gasteiger partial charge in [-0.05, 0) is 50.9 Å². The first-order chi connectivity index (χ1) is 18.3. The molecule has 1 amide bonds. The number of ether oxygens (including phenoxy) is 1. The smallest absolute Gasteiger partial charge is 0.407 e. The zero-order chi connectivity index (χ0) is 26.7. The fourth-order valence-corrected chi connectivity index (χ4v) is 5.91. The molecule has 1 aliphatic rings. The van der Waals surface area contributed by atoms with Gasteiger partial charge in [-0.2, -0.15) is 0 Å². The minimum atomic E-state index is -0.447. The van der Waals surface area contributed by atoms with Crippen molar-refractivity contribution in [1.29, 1.82) is 0 Å². The van der Waals surface area contributed by atoms with E-state index in [-0.39, 0.29) is 17.9 Å². The van der Waals surface area contributed by atoms with E-state index in [0.717, 1.165) is 21.6 Å². The SMILES string of the molecule is CC(C)(C)c1ccc(Sc2ccccc2C=O)c(CNC(=O)OCC2c3ccccc3-c3ccccc32)c1. The highest BCUT2D eigenvalue weighted by atomic mass is 32.2. The van der Waals surface area contributed by atoms with Gasteiger partial charge >= 0.3 is 6.09 Å². The summed E-state index contributed by atoms with van der Waals surface area (Å²) in [6.45, 7) is 7.10. The minimum Gasteiger partial charge on any atom is -0.449 e. The summed E-state index contributed by atoms with van der Waals surface area (Å²) in [5.41, 5.74) is 7.54. The molecule has 1 aliphatic carbocycles. The molecular weight excluding hydrogens is 490 g/mol. The third-order valence-electron chi connectivity index (χ3n) is 6.96. The van der Waals surface area contributed by atoms with Crippen LogP contribution < -0.4 is 5.32 Å². The van der Waals surface area contributed by atoms with Crippen LogP contribution in [0, 0.1) is 0 Å². The molecule has 5 heteroatoms. The van der Waals surface area contributed by atoms with Crippen LogP contribution in [0.4, 0.5) is 4.79 Å². The van der Waals surface area contributed by atoms with Gasteiger partial charge in [0.2, 0.25) is 0 Å². The molecule has 38 heavy (non-hydrogen) atoms. The molecule has 5 rings (SSSR count). The summed E-state index contributed by atoms with van der Waals surface area (Å²) < 4.78 is 5.75. The fraction of sp³-hybridized carbons (Fsp3) is 0.212. The molecule has 0 aliphatic heterocycles. The van der Waals surface area contributed by atoms with Crippen LogP contribution in [0.5, 0.6) is 0 Å². The molecule has 4 aromatic rings. The quantitative estimate of drug-likeness (QED) is 0.251. The highest BCUT2D eigenvalue weighted by molar-refractivity contribution is 7.99. The lowest BCUT2D eigenvalue weighted by atomic mass is 9.86. The lowest BCUT2D eigenvalue weighted by molar-refractivity contribution is 0.112. The van der Waals surface area contributed by atoms with E-state index in [4.69, 9.17) is 4.74 Å². The molecule has 0 heterocycles. The van der Waals surface area contributed by atoms with E-state index in [1.807, 2.05) is 48.5 Å². The Morgan fingerprint density at radius 3 is 2.16 bits per heavy atom. The number of carbonyl (C=O) groups excluding carboxylic acids is 2. The van der Waals surface area contributed by atoms with Gasteiger partial charge in [0.05, 0.1) is 0 Å². The Labute approximate surface area is 228 Å². The van der Waals surface area contributed by atoms with Crippen molar-refractivity contribution < 1.29 is 14.3 Å². The molecule has 4 aromatic carbocycles. The zero-order valence-corrected chi connectivity index (χ0v) is 22.7. The summed E-state index contributed by atoms with van der Waals surface area (Å²) in [7, 11) is 0. The number of nitrogens with one attached hydrogen (secondary N) is 1. The molecule has 192 valence electrons. The molecule has 0 saturated carbocycles. The average molecular weight is 522 g/mol. The molecule has 0 atom stereocenters. The van der Waals surface area contributed by atoms with Crippen LogP contribution in [0.15, 0.2) is 101 Å². The summed E-state index contributed by atoms with van der Waals surface area (Å²) in [5, 5.41) is 2.96. The summed E-state index contributed by atoms with van der Waals surface area (Å²) in [6, 6.07) is 30.5. The minimum absolute atomic E-state index is 0.0170. The maximum atomic E-state index is 12.9. The van der Waals surface area contributed by atoms with Gasteiger partial charge in [0.25, 0.3) is 0 Å². The summed E-state index contributed by atoms with van der Waals surface area (Å²) in [5.74, 6) is 0.0170. The molecule has 4 nitrogen and oxygen atoms in total. The second-order valence-electron chi connectivity index (χ2n) is 10.5. The van der Waals surface area contributed by atoms with E-state index in [0.29, 0.717) is 12.1 Å². The van der Waals surface area contributed by atoms with Crippen molar-refractivity contribution in [3.8, 4) is 11.1 Å². The molecule has 0 spiro atoms. The van der Waals surface area contributed by atoms with E-state index in [2.05, 4.69) is 68.6 Å². The van der Waals surface area contributed by atoms with E-state index >= 15 is 0 Å². The maximum absolute atomic E-state index is 12.9. The Morgan fingerprint density at radius 1 is 0.868 bits per heavy atom. The lowest BCUT2D eigenvalue weighted by Gasteiger charge is -2.22. The largest absolute Gasteiger partial charge is 0.449 e. The highest BCUT2D eigenvalue weighted by Crippen LogP contribution is 2.44. The molecule has 0 unspecified atom stereocenters. The van der Waals surface area contributed by atoms with Gasteiger partial charge in [-0.3, -0.25) is 4.79 Å². The molecule has 0 radical (unpaired) electrons. The van der Waals surface area contributed by atoms with E-state index < -0.39 is 6.09 Å². The van der Waals surface area contributed by atoms with Gasteiger partial charge in [-0.15, -0.1) is 0 Å². The number of carbonyl (C=O) groups is 2. The van der Waals surface area contributed by atoms with Crippen molar-refractivity contribution in [2.24, 2.45) is 0 Å². The Balaban J connectivity index is 1.31. The van der Waals surface area contributed by atoms with Crippen LogP contribution >= 0.6 is 11.8 Å². The number of alkyl carbamates (subject to hydrolysis) is 1. The average Bonchev–Trinajstić information content (AvgIpc) is 3.24. The number of fused-ring (bicyclic) bond motifs is 3. The number of aldehydes is 1. The molecule has 0 fully saturated rings. The number of rotatable bonds is 7. The lowest BCUT2D eigenvalue weighted by Crippen LogP contribution is -2.26. The van der Waals surface area contributed by atoms with Crippen LogP contribution in [0.1, 0.15) is 59.3 Å². The van der Waals surface area contributed by atoms with Gasteiger partial charge in [0.15, 0.2) is 6.29 Å². The standard InChI is InChI=1S/C33H31NO3S/c1-33(2,3)24-16-17-31(38-30-15-9-4-10-22(30)20-35)23(18-24)19-34-32(36)37-21-29-27-13-7-5-11-25(27)26-12-6-8-14-28(26)29/h4-18,20,29H,19,21H2,1-3H3,(H,34,36). The Kier molecular flexibility index (Phi) is 7.39. The summed E-state index contributed by atoms with van der Waals surface area (Å²) >= 11 is 1.53.